The largest absolute Gasteiger partial charge is 0.352 e. The maximum atomic E-state index is 13.1. The van der Waals surface area contributed by atoms with Crippen LogP contribution < -0.4 is 5.32 Å². The topological polar surface area (TPSA) is 42.0 Å². The van der Waals surface area contributed by atoms with E-state index in [0.717, 1.165) is 12.3 Å². The lowest BCUT2D eigenvalue weighted by Crippen LogP contribution is -2.28. The van der Waals surface area contributed by atoms with Crippen molar-refractivity contribution in [1.82, 2.24) is 10.3 Å². The summed E-state index contributed by atoms with van der Waals surface area (Å²) in [7, 11) is 0. The Morgan fingerprint density at radius 1 is 1.53 bits per heavy atom. The fraction of sp³-hybridized carbons (Fsp3) is 0.400. The molecule has 1 amide bonds. The smallest absolute Gasteiger partial charge is 0.254 e. The molecule has 0 aliphatic heterocycles. The van der Waals surface area contributed by atoms with Crippen molar-refractivity contribution in [2.75, 3.05) is 6.54 Å². The van der Waals surface area contributed by atoms with Gasteiger partial charge in [0, 0.05) is 12.7 Å². The SMILES string of the molecule is CC(C)CNC(=O)c1ccnc(F)c1F. The van der Waals surface area contributed by atoms with Crippen molar-refractivity contribution in [3.8, 4) is 0 Å². The zero-order chi connectivity index (χ0) is 11.4. The highest BCUT2D eigenvalue weighted by atomic mass is 19.2. The third-order valence-electron chi connectivity index (χ3n) is 1.76. The maximum absolute atomic E-state index is 13.1. The van der Waals surface area contributed by atoms with E-state index in [1.54, 1.807) is 0 Å². The number of nitrogens with one attached hydrogen (secondary N) is 1. The van der Waals surface area contributed by atoms with E-state index in [4.69, 9.17) is 0 Å². The van der Waals surface area contributed by atoms with E-state index in [1.807, 2.05) is 13.8 Å². The van der Waals surface area contributed by atoms with Crippen LogP contribution in [0.5, 0.6) is 0 Å². The summed E-state index contributed by atoms with van der Waals surface area (Å²) in [5.74, 6) is -2.84. The van der Waals surface area contributed by atoms with Crippen LogP contribution in [0.15, 0.2) is 12.3 Å². The van der Waals surface area contributed by atoms with Crippen LogP contribution in [0.4, 0.5) is 8.78 Å². The molecular formula is C10H12F2N2O. The molecule has 0 aromatic carbocycles. The third kappa shape index (κ3) is 2.97. The standard InChI is InChI=1S/C10H12F2N2O/c1-6(2)5-14-10(15)7-3-4-13-9(12)8(7)11/h3-4,6H,5H2,1-2H3,(H,14,15). The highest BCUT2D eigenvalue weighted by molar-refractivity contribution is 5.94. The predicted molar refractivity (Wildman–Crippen MR) is 51.3 cm³/mol. The zero-order valence-electron chi connectivity index (χ0n) is 8.55. The van der Waals surface area contributed by atoms with Crippen molar-refractivity contribution >= 4 is 5.91 Å². The highest BCUT2D eigenvalue weighted by Crippen LogP contribution is 2.08. The molecular weight excluding hydrogens is 202 g/mol. The van der Waals surface area contributed by atoms with Crippen LogP contribution >= 0.6 is 0 Å². The molecule has 1 heterocycles. The number of pyridine rings is 1. The average Bonchev–Trinajstić information content (AvgIpc) is 2.18. The summed E-state index contributed by atoms with van der Waals surface area (Å²) < 4.78 is 25.8. The van der Waals surface area contributed by atoms with Crippen molar-refractivity contribution in [3.63, 3.8) is 0 Å². The van der Waals surface area contributed by atoms with Gasteiger partial charge >= 0.3 is 0 Å². The molecule has 1 aromatic heterocycles. The molecule has 0 bridgehead atoms. The average molecular weight is 214 g/mol. The second kappa shape index (κ2) is 4.82. The van der Waals surface area contributed by atoms with Gasteiger partial charge in [-0.1, -0.05) is 13.8 Å². The van der Waals surface area contributed by atoms with Crippen molar-refractivity contribution < 1.29 is 13.6 Å². The summed E-state index contributed by atoms with van der Waals surface area (Å²) >= 11 is 0. The second-order valence-electron chi connectivity index (χ2n) is 3.57. The van der Waals surface area contributed by atoms with Crippen LogP contribution in [-0.4, -0.2) is 17.4 Å². The summed E-state index contributed by atoms with van der Waals surface area (Å²) in [6.07, 6.45) is 1.06. The van der Waals surface area contributed by atoms with Gasteiger partial charge in [-0.15, -0.1) is 0 Å². The van der Waals surface area contributed by atoms with Gasteiger partial charge < -0.3 is 5.32 Å². The van der Waals surface area contributed by atoms with E-state index in [9.17, 15) is 13.6 Å². The highest BCUT2D eigenvalue weighted by Gasteiger charge is 2.15. The lowest BCUT2D eigenvalue weighted by atomic mass is 10.2. The molecule has 0 unspecified atom stereocenters. The van der Waals surface area contributed by atoms with Crippen molar-refractivity contribution in [2.24, 2.45) is 5.92 Å². The van der Waals surface area contributed by atoms with Crippen LogP contribution in [0.25, 0.3) is 0 Å². The predicted octanol–water partition coefficient (Wildman–Crippen LogP) is 1.75. The number of carbonyl (C=O) groups excluding carboxylic acids is 1. The molecule has 0 radical (unpaired) electrons. The fourth-order valence-electron chi connectivity index (χ4n) is 0.986. The Morgan fingerprint density at radius 2 is 2.20 bits per heavy atom. The third-order valence-corrected chi connectivity index (χ3v) is 1.76. The Bertz CT molecular complexity index is 366. The molecule has 1 rings (SSSR count). The van der Waals surface area contributed by atoms with E-state index >= 15 is 0 Å². The minimum absolute atomic E-state index is 0.253. The lowest BCUT2D eigenvalue weighted by Gasteiger charge is -2.07. The quantitative estimate of drug-likeness (QED) is 0.779. The molecule has 0 saturated carbocycles. The molecule has 15 heavy (non-hydrogen) atoms. The molecule has 5 heteroatoms. The van der Waals surface area contributed by atoms with Crippen LogP contribution in [0.2, 0.25) is 0 Å². The van der Waals surface area contributed by atoms with Crippen LogP contribution in [0.3, 0.4) is 0 Å². The van der Waals surface area contributed by atoms with Crippen LogP contribution in [0.1, 0.15) is 24.2 Å². The molecule has 0 aliphatic rings. The molecule has 1 N–H and O–H groups in total. The second-order valence-corrected chi connectivity index (χ2v) is 3.57. The Balaban J connectivity index is 2.78. The number of carbonyl (C=O) groups is 1. The number of halogens is 2. The summed E-state index contributed by atoms with van der Waals surface area (Å²) in [4.78, 5) is 14.5. The van der Waals surface area contributed by atoms with Gasteiger partial charge in [0.2, 0.25) is 5.95 Å². The van der Waals surface area contributed by atoms with Gasteiger partial charge in [-0.2, -0.15) is 4.39 Å². The van der Waals surface area contributed by atoms with Crippen LogP contribution in [-0.2, 0) is 0 Å². The van der Waals surface area contributed by atoms with Gasteiger partial charge in [-0.25, -0.2) is 9.37 Å². The summed E-state index contributed by atoms with van der Waals surface area (Å²) in [6.45, 7) is 4.23. The van der Waals surface area contributed by atoms with Crippen molar-refractivity contribution in [2.45, 2.75) is 13.8 Å². The number of hydrogen-bond acceptors (Lipinski definition) is 2. The van der Waals surface area contributed by atoms with Crippen molar-refractivity contribution in [1.29, 1.82) is 0 Å². The molecule has 0 aliphatic carbocycles. The number of rotatable bonds is 3. The van der Waals surface area contributed by atoms with Gasteiger partial charge in [0.15, 0.2) is 5.82 Å². The summed E-state index contributed by atoms with van der Waals surface area (Å²) in [6, 6.07) is 1.15. The number of hydrogen-bond donors (Lipinski definition) is 1. The van der Waals surface area contributed by atoms with Gasteiger partial charge in [0.1, 0.15) is 0 Å². The molecule has 3 nitrogen and oxygen atoms in total. The molecule has 0 atom stereocenters. The minimum Gasteiger partial charge on any atom is -0.352 e. The number of nitrogens with zero attached hydrogens (tertiary/aromatic N) is 1. The minimum atomic E-state index is -1.26. The van der Waals surface area contributed by atoms with E-state index in [1.165, 1.54) is 0 Å². The van der Waals surface area contributed by atoms with E-state index < -0.39 is 17.7 Å². The van der Waals surface area contributed by atoms with Gasteiger partial charge in [-0.3, -0.25) is 4.79 Å². The first kappa shape index (κ1) is 11.6. The zero-order valence-corrected chi connectivity index (χ0v) is 8.55. The Morgan fingerprint density at radius 3 is 2.80 bits per heavy atom. The number of aromatic nitrogens is 1. The first-order chi connectivity index (χ1) is 7.02. The monoisotopic (exact) mass is 214 g/mol. The lowest BCUT2D eigenvalue weighted by molar-refractivity contribution is 0.0943. The Kier molecular flexibility index (Phi) is 3.71. The van der Waals surface area contributed by atoms with E-state index in [2.05, 4.69) is 10.3 Å². The van der Waals surface area contributed by atoms with Gasteiger partial charge in [-0.05, 0) is 12.0 Å². The molecule has 82 valence electrons. The molecule has 0 fully saturated rings. The Hall–Kier alpha value is -1.52. The molecule has 0 spiro atoms. The Labute approximate surface area is 86.5 Å². The molecule has 1 aromatic rings. The summed E-state index contributed by atoms with van der Waals surface area (Å²) in [5, 5.41) is 2.49. The first-order valence-electron chi connectivity index (χ1n) is 4.60. The van der Waals surface area contributed by atoms with Crippen LogP contribution in [0, 0.1) is 17.7 Å². The van der Waals surface area contributed by atoms with E-state index in [-0.39, 0.29) is 11.5 Å². The molecule has 0 saturated heterocycles. The maximum Gasteiger partial charge on any atom is 0.254 e. The fourth-order valence-corrected chi connectivity index (χ4v) is 0.986. The number of amides is 1. The van der Waals surface area contributed by atoms with E-state index in [0.29, 0.717) is 6.54 Å². The first-order valence-corrected chi connectivity index (χ1v) is 4.60. The van der Waals surface area contributed by atoms with Gasteiger partial charge in [0.05, 0.1) is 5.56 Å². The van der Waals surface area contributed by atoms with Gasteiger partial charge in [0.25, 0.3) is 5.91 Å². The normalized spacial score (nSPS) is 10.5. The summed E-state index contributed by atoms with van der Waals surface area (Å²) in [5.41, 5.74) is -0.317. The van der Waals surface area contributed by atoms with Crippen molar-refractivity contribution in [3.05, 3.63) is 29.6 Å².